The van der Waals surface area contributed by atoms with Crippen molar-refractivity contribution in [3.05, 3.63) is 53.3 Å². The molecule has 0 unspecified atom stereocenters. The summed E-state index contributed by atoms with van der Waals surface area (Å²) in [6.45, 7) is 2.36. The molecule has 0 aliphatic carbocycles. The van der Waals surface area contributed by atoms with Gasteiger partial charge in [-0.3, -0.25) is 9.58 Å². The van der Waals surface area contributed by atoms with Crippen molar-refractivity contribution in [2.24, 2.45) is 12.8 Å². The quantitative estimate of drug-likeness (QED) is 0.867. The van der Waals surface area contributed by atoms with Gasteiger partial charge in [0.25, 0.3) is 0 Å². The largest absolute Gasteiger partial charge is 0.326 e. The Morgan fingerprint density at radius 2 is 2.00 bits per heavy atom. The molecule has 0 radical (unpaired) electrons. The second kappa shape index (κ2) is 5.80. The van der Waals surface area contributed by atoms with Crippen LogP contribution in [-0.2, 0) is 26.7 Å². The van der Waals surface area contributed by atoms with Gasteiger partial charge in [-0.25, -0.2) is 0 Å². The van der Waals surface area contributed by atoms with Crippen LogP contribution in [0, 0.1) is 0 Å². The first-order valence-electron chi connectivity index (χ1n) is 6.12. The zero-order chi connectivity index (χ0) is 13.0. The lowest BCUT2D eigenvalue weighted by atomic mass is 10.1. The summed E-state index contributed by atoms with van der Waals surface area (Å²) >= 11 is 0. The Labute approximate surface area is 108 Å². The van der Waals surface area contributed by atoms with Crippen LogP contribution in [0.4, 0.5) is 0 Å². The molecule has 0 spiro atoms. The highest BCUT2D eigenvalue weighted by molar-refractivity contribution is 5.23. The third-order valence-corrected chi connectivity index (χ3v) is 2.88. The molecule has 0 saturated carbocycles. The summed E-state index contributed by atoms with van der Waals surface area (Å²) in [7, 11) is 4.04. The van der Waals surface area contributed by atoms with Gasteiger partial charge in [0.15, 0.2) is 0 Å². The molecule has 2 aromatic rings. The number of benzene rings is 1. The van der Waals surface area contributed by atoms with E-state index in [1.807, 2.05) is 24.0 Å². The molecule has 0 aliphatic rings. The fourth-order valence-corrected chi connectivity index (χ4v) is 2.05. The minimum atomic E-state index is 0.595. The maximum atomic E-state index is 5.65. The first-order valence-corrected chi connectivity index (χ1v) is 6.12. The van der Waals surface area contributed by atoms with Gasteiger partial charge in [-0.2, -0.15) is 5.10 Å². The van der Waals surface area contributed by atoms with Crippen molar-refractivity contribution in [2.75, 3.05) is 7.05 Å². The highest BCUT2D eigenvalue weighted by Gasteiger charge is 2.04. The number of aromatic nitrogens is 2. The lowest BCUT2D eigenvalue weighted by Gasteiger charge is -2.15. The Bertz CT molecular complexity index is 504. The molecule has 1 heterocycles. The number of rotatable bonds is 5. The standard InChI is InChI=1S/C14H20N4/c1-17(11-14-6-7-18(2)16-14)10-13-5-3-4-12(8-13)9-15/h3-8H,9-11,15H2,1-2H3. The molecule has 0 saturated heterocycles. The van der Waals surface area contributed by atoms with E-state index in [4.69, 9.17) is 5.73 Å². The Balaban J connectivity index is 1.96. The summed E-state index contributed by atoms with van der Waals surface area (Å²) in [5.74, 6) is 0. The van der Waals surface area contributed by atoms with E-state index in [0.717, 1.165) is 18.8 Å². The van der Waals surface area contributed by atoms with E-state index in [-0.39, 0.29) is 0 Å². The van der Waals surface area contributed by atoms with Gasteiger partial charge in [-0.1, -0.05) is 24.3 Å². The van der Waals surface area contributed by atoms with E-state index < -0.39 is 0 Å². The van der Waals surface area contributed by atoms with Gasteiger partial charge in [-0.15, -0.1) is 0 Å². The predicted molar refractivity (Wildman–Crippen MR) is 72.7 cm³/mol. The van der Waals surface area contributed by atoms with Crippen LogP contribution in [0.15, 0.2) is 36.5 Å². The van der Waals surface area contributed by atoms with Gasteiger partial charge in [0.05, 0.1) is 5.69 Å². The Morgan fingerprint density at radius 3 is 2.67 bits per heavy atom. The molecule has 0 bridgehead atoms. The lowest BCUT2D eigenvalue weighted by Crippen LogP contribution is -2.17. The summed E-state index contributed by atoms with van der Waals surface area (Å²) < 4.78 is 1.83. The molecule has 18 heavy (non-hydrogen) atoms. The number of nitrogens with two attached hydrogens (primary N) is 1. The molecule has 96 valence electrons. The molecule has 0 amide bonds. The number of hydrogen-bond acceptors (Lipinski definition) is 3. The molecular formula is C14H20N4. The third-order valence-electron chi connectivity index (χ3n) is 2.88. The molecule has 4 heteroatoms. The molecular weight excluding hydrogens is 224 g/mol. The van der Waals surface area contributed by atoms with Gasteiger partial charge in [0.2, 0.25) is 0 Å². The number of aryl methyl sites for hydroxylation is 1. The van der Waals surface area contributed by atoms with Crippen LogP contribution in [0.3, 0.4) is 0 Å². The maximum Gasteiger partial charge on any atom is 0.0764 e. The molecule has 1 aromatic heterocycles. The van der Waals surface area contributed by atoms with E-state index in [9.17, 15) is 0 Å². The van der Waals surface area contributed by atoms with Crippen LogP contribution >= 0.6 is 0 Å². The summed E-state index contributed by atoms with van der Waals surface area (Å²) in [5.41, 5.74) is 9.21. The van der Waals surface area contributed by atoms with Gasteiger partial charge in [0, 0.05) is 32.9 Å². The van der Waals surface area contributed by atoms with Gasteiger partial charge >= 0.3 is 0 Å². The highest BCUT2D eigenvalue weighted by atomic mass is 15.3. The molecule has 4 nitrogen and oxygen atoms in total. The monoisotopic (exact) mass is 244 g/mol. The molecule has 2 rings (SSSR count). The first kappa shape index (κ1) is 12.8. The first-order chi connectivity index (χ1) is 8.67. The zero-order valence-electron chi connectivity index (χ0n) is 11.0. The highest BCUT2D eigenvalue weighted by Crippen LogP contribution is 2.09. The third kappa shape index (κ3) is 3.42. The second-order valence-corrected chi connectivity index (χ2v) is 4.68. The Morgan fingerprint density at radius 1 is 1.22 bits per heavy atom. The van der Waals surface area contributed by atoms with Crippen LogP contribution in [0.25, 0.3) is 0 Å². The van der Waals surface area contributed by atoms with E-state index in [2.05, 4.69) is 41.3 Å². The van der Waals surface area contributed by atoms with E-state index >= 15 is 0 Å². The molecule has 0 atom stereocenters. The van der Waals surface area contributed by atoms with Crippen molar-refractivity contribution in [3.63, 3.8) is 0 Å². The second-order valence-electron chi connectivity index (χ2n) is 4.68. The lowest BCUT2D eigenvalue weighted by molar-refractivity contribution is 0.314. The predicted octanol–water partition coefficient (Wildman–Crippen LogP) is 1.51. The normalized spacial score (nSPS) is 11.1. The van der Waals surface area contributed by atoms with Gasteiger partial charge < -0.3 is 5.73 Å². The van der Waals surface area contributed by atoms with Crippen LogP contribution in [0.5, 0.6) is 0 Å². The Hall–Kier alpha value is -1.65. The average molecular weight is 244 g/mol. The van der Waals surface area contributed by atoms with Crippen molar-refractivity contribution in [1.82, 2.24) is 14.7 Å². The van der Waals surface area contributed by atoms with Gasteiger partial charge in [-0.05, 0) is 24.2 Å². The minimum Gasteiger partial charge on any atom is -0.326 e. The van der Waals surface area contributed by atoms with E-state index in [1.165, 1.54) is 11.1 Å². The molecule has 0 fully saturated rings. The molecule has 0 aliphatic heterocycles. The maximum absolute atomic E-state index is 5.65. The Kier molecular flexibility index (Phi) is 4.12. The molecule has 2 N–H and O–H groups in total. The van der Waals surface area contributed by atoms with Crippen LogP contribution < -0.4 is 5.73 Å². The smallest absolute Gasteiger partial charge is 0.0764 e. The minimum absolute atomic E-state index is 0.595. The fraction of sp³-hybridized carbons (Fsp3) is 0.357. The van der Waals surface area contributed by atoms with E-state index in [0.29, 0.717) is 6.54 Å². The SMILES string of the molecule is CN(Cc1cccc(CN)c1)Cc1ccn(C)n1. The summed E-state index contributed by atoms with van der Waals surface area (Å²) in [4.78, 5) is 2.25. The number of nitrogens with zero attached hydrogens (tertiary/aromatic N) is 3. The fourth-order valence-electron chi connectivity index (χ4n) is 2.05. The summed E-state index contributed by atoms with van der Waals surface area (Å²) in [6.07, 6.45) is 1.97. The topological polar surface area (TPSA) is 47.1 Å². The summed E-state index contributed by atoms with van der Waals surface area (Å²) in [5, 5.41) is 4.38. The molecule has 1 aromatic carbocycles. The zero-order valence-corrected chi connectivity index (χ0v) is 11.0. The van der Waals surface area contributed by atoms with Crippen LogP contribution in [0.2, 0.25) is 0 Å². The summed E-state index contributed by atoms with van der Waals surface area (Å²) in [6, 6.07) is 10.5. The van der Waals surface area contributed by atoms with Crippen LogP contribution in [0.1, 0.15) is 16.8 Å². The van der Waals surface area contributed by atoms with E-state index in [1.54, 1.807) is 0 Å². The average Bonchev–Trinajstić information content (AvgIpc) is 2.74. The van der Waals surface area contributed by atoms with Crippen molar-refractivity contribution >= 4 is 0 Å². The van der Waals surface area contributed by atoms with Crippen molar-refractivity contribution in [1.29, 1.82) is 0 Å². The number of hydrogen-bond donors (Lipinski definition) is 1. The van der Waals surface area contributed by atoms with Crippen LogP contribution in [-0.4, -0.2) is 21.7 Å². The van der Waals surface area contributed by atoms with Crippen molar-refractivity contribution in [2.45, 2.75) is 19.6 Å². The van der Waals surface area contributed by atoms with Crippen molar-refractivity contribution in [3.8, 4) is 0 Å². The van der Waals surface area contributed by atoms with Gasteiger partial charge in [0.1, 0.15) is 0 Å². The van der Waals surface area contributed by atoms with Crippen molar-refractivity contribution < 1.29 is 0 Å².